The molecule has 0 saturated carbocycles. The number of para-hydroxylation sites is 2. The normalized spacial score (nSPS) is 12.2. The summed E-state index contributed by atoms with van der Waals surface area (Å²) in [6, 6.07) is 23.3. The molecule has 0 unspecified atom stereocenters. The van der Waals surface area contributed by atoms with Crippen molar-refractivity contribution in [2.24, 2.45) is 0 Å². The fourth-order valence-corrected chi connectivity index (χ4v) is 8.86. The minimum absolute atomic E-state index is 0.114. The fourth-order valence-electron chi connectivity index (χ4n) is 4.63. The standard InChI is InChI=1S/C28H35O2P/c1-27(2,3)31(28(4,5)6)26-22(20-14-9-11-18-24(20)29-7)16-13-17-23(26)21-15-10-12-19-25(21)30-8/h9-19H,1-8H3. The monoisotopic (exact) mass is 434 g/mol. The van der Waals surface area contributed by atoms with E-state index in [1.54, 1.807) is 14.2 Å². The lowest BCUT2D eigenvalue weighted by Crippen LogP contribution is -2.33. The van der Waals surface area contributed by atoms with Crippen LogP contribution in [-0.4, -0.2) is 24.5 Å². The number of hydrogen-bond donors (Lipinski definition) is 0. The van der Waals surface area contributed by atoms with Crippen molar-refractivity contribution in [1.29, 1.82) is 0 Å². The second kappa shape index (κ2) is 9.05. The summed E-state index contributed by atoms with van der Waals surface area (Å²) in [7, 11) is 2.93. The van der Waals surface area contributed by atoms with Crippen molar-refractivity contribution in [3.63, 3.8) is 0 Å². The predicted molar refractivity (Wildman–Crippen MR) is 136 cm³/mol. The molecular weight excluding hydrogens is 399 g/mol. The van der Waals surface area contributed by atoms with Gasteiger partial charge in [-0.15, -0.1) is 0 Å². The van der Waals surface area contributed by atoms with Gasteiger partial charge >= 0.3 is 0 Å². The fraction of sp³-hybridized carbons (Fsp3) is 0.357. The third-order valence-electron chi connectivity index (χ3n) is 5.40. The maximum Gasteiger partial charge on any atom is 0.126 e. The van der Waals surface area contributed by atoms with Gasteiger partial charge in [0.15, 0.2) is 0 Å². The molecule has 2 nitrogen and oxygen atoms in total. The van der Waals surface area contributed by atoms with E-state index in [1.807, 2.05) is 24.3 Å². The van der Waals surface area contributed by atoms with Crippen LogP contribution in [0, 0.1) is 0 Å². The van der Waals surface area contributed by atoms with Gasteiger partial charge in [0, 0.05) is 11.1 Å². The number of hydrogen-bond acceptors (Lipinski definition) is 2. The van der Waals surface area contributed by atoms with Gasteiger partial charge in [0.25, 0.3) is 0 Å². The molecule has 0 N–H and O–H groups in total. The smallest absolute Gasteiger partial charge is 0.126 e. The van der Waals surface area contributed by atoms with Crippen LogP contribution in [0.15, 0.2) is 66.7 Å². The third kappa shape index (κ3) is 4.80. The van der Waals surface area contributed by atoms with E-state index in [-0.39, 0.29) is 10.3 Å². The highest BCUT2D eigenvalue weighted by molar-refractivity contribution is 7.69. The van der Waals surface area contributed by atoms with Crippen molar-refractivity contribution in [1.82, 2.24) is 0 Å². The second-order valence-corrected chi connectivity index (χ2v) is 13.6. The SMILES string of the molecule is COc1ccccc1-c1cccc(-c2ccccc2OC)c1P(C(C)(C)C)C(C)(C)C. The van der Waals surface area contributed by atoms with Crippen molar-refractivity contribution in [2.75, 3.05) is 14.2 Å². The van der Waals surface area contributed by atoms with Crippen LogP contribution in [0.2, 0.25) is 0 Å². The Morgan fingerprint density at radius 1 is 0.516 bits per heavy atom. The zero-order chi connectivity index (χ0) is 22.8. The second-order valence-electron chi connectivity index (χ2n) is 9.78. The minimum Gasteiger partial charge on any atom is -0.496 e. The maximum atomic E-state index is 5.78. The average molecular weight is 435 g/mol. The molecule has 3 aromatic rings. The van der Waals surface area contributed by atoms with E-state index in [2.05, 4.69) is 84.0 Å². The Bertz CT molecular complexity index is 962. The summed E-state index contributed by atoms with van der Waals surface area (Å²) >= 11 is 0. The van der Waals surface area contributed by atoms with E-state index in [9.17, 15) is 0 Å². The molecule has 0 fully saturated rings. The molecule has 0 heterocycles. The van der Waals surface area contributed by atoms with Gasteiger partial charge in [0.05, 0.1) is 14.2 Å². The van der Waals surface area contributed by atoms with Crippen LogP contribution in [0.5, 0.6) is 11.5 Å². The lowest BCUT2D eigenvalue weighted by atomic mass is 9.97. The topological polar surface area (TPSA) is 18.5 Å². The summed E-state index contributed by atoms with van der Waals surface area (Å²) in [5.74, 6) is 1.80. The van der Waals surface area contributed by atoms with Crippen molar-refractivity contribution in [3.05, 3.63) is 66.7 Å². The van der Waals surface area contributed by atoms with Gasteiger partial charge < -0.3 is 9.47 Å². The summed E-state index contributed by atoms with van der Waals surface area (Å²) < 4.78 is 11.6. The first kappa shape index (κ1) is 23.4. The zero-order valence-electron chi connectivity index (χ0n) is 20.1. The first-order valence-corrected chi connectivity index (χ1v) is 12.1. The van der Waals surface area contributed by atoms with Gasteiger partial charge in [0.1, 0.15) is 11.5 Å². The van der Waals surface area contributed by atoms with E-state index < -0.39 is 7.92 Å². The van der Waals surface area contributed by atoms with E-state index >= 15 is 0 Å². The molecule has 31 heavy (non-hydrogen) atoms. The highest BCUT2D eigenvalue weighted by Gasteiger charge is 2.39. The van der Waals surface area contributed by atoms with Crippen molar-refractivity contribution >= 4 is 13.2 Å². The third-order valence-corrected chi connectivity index (χ3v) is 9.01. The average Bonchev–Trinajstić information content (AvgIpc) is 2.72. The Balaban J connectivity index is 2.47. The van der Waals surface area contributed by atoms with Crippen LogP contribution in [0.3, 0.4) is 0 Å². The summed E-state index contributed by atoms with van der Waals surface area (Å²) in [6.07, 6.45) is 0. The van der Waals surface area contributed by atoms with Gasteiger partial charge in [-0.1, -0.05) is 104 Å². The highest BCUT2D eigenvalue weighted by Crippen LogP contribution is 2.61. The van der Waals surface area contributed by atoms with Gasteiger partial charge in [-0.05, 0) is 38.9 Å². The first-order chi connectivity index (χ1) is 14.6. The highest BCUT2D eigenvalue weighted by atomic mass is 31.1. The molecule has 3 aromatic carbocycles. The van der Waals surface area contributed by atoms with E-state index in [1.165, 1.54) is 16.4 Å². The van der Waals surface area contributed by atoms with Crippen LogP contribution in [0.4, 0.5) is 0 Å². The van der Waals surface area contributed by atoms with Gasteiger partial charge in [-0.25, -0.2) is 0 Å². The molecule has 164 valence electrons. The molecule has 0 radical (unpaired) electrons. The molecule has 0 bridgehead atoms. The van der Waals surface area contributed by atoms with Gasteiger partial charge in [-0.2, -0.15) is 0 Å². The molecule has 0 aromatic heterocycles. The molecule has 0 aliphatic carbocycles. The van der Waals surface area contributed by atoms with Crippen LogP contribution < -0.4 is 14.8 Å². The van der Waals surface area contributed by atoms with E-state index in [0.717, 1.165) is 22.6 Å². The molecule has 0 aliphatic heterocycles. The van der Waals surface area contributed by atoms with Crippen molar-refractivity contribution in [2.45, 2.75) is 51.9 Å². The first-order valence-electron chi connectivity index (χ1n) is 10.8. The molecule has 0 atom stereocenters. The Labute approximate surface area is 189 Å². The molecule has 0 amide bonds. The van der Waals surface area contributed by atoms with E-state index in [0.29, 0.717) is 0 Å². The van der Waals surface area contributed by atoms with E-state index in [4.69, 9.17) is 9.47 Å². The molecule has 0 spiro atoms. The summed E-state index contributed by atoms with van der Waals surface area (Å²) in [5.41, 5.74) is 4.77. The summed E-state index contributed by atoms with van der Waals surface area (Å²) in [5, 5.41) is 1.64. The lowest BCUT2D eigenvalue weighted by molar-refractivity contribution is 0.416. The Morgan fingerprint density at radius 3 is 1.23 bits per heavy atom. The Hall–Kier alpha value is -2.31. The van der Waals surface area contributed by atoms with Gasteiger partial charge in [0.2, 0.25) is 0 Å². The molecular formula is C28H35O2P. The maximum absolute atomic E-state index is 5.78. The lowest BCUT2D eigenvalue weighted by Gasteiger charge is -2.44. The van der Waals surface area contributed by atoms with Crippen LogP contribution in [0.25, 0.3) is 22.3 Å². The Kier molecular flexibility index (Phi) is 6.82. The van der Waals surface area contributed by atoms with Crippen LogP contribution in [-0.2, 0) is 0 Å². The van der Waals surface area contributed by atoms with Crippen LogP contribution >= 0.6 is 7.92 Å². The quantitative estimate of drug-likeness (QED) is 0.382. The molecule has 3 heteroatoms. The largest absolute Gasteiger partial charge is 0.496 e. The minimum atomic E-state index is -0.573. The molecule has 0 aliphatic rings. The van der Waals surface area contributed by atoms with Gasteiger partial charge in [-0.3, -0.25) is 0 Å². The zero-order valence-corrected chi connectivity index (χ0v) is 21.0. The predicted octanol–water partition coefficient (Wildman–Crippen LogP) is 7.74. The van der Waals surface area contributed by atoms with Crippen LogP contribution in [0.1, 0.15) is 41.5 Å². The summed E-state index contributed by atoms with van der Waals surface area (Å²) in [4.78, 5) is 0. The molecule has 0 saturated heterocycles. The summed E-state index contributed by atoms with van der Waals surface area (Å²) in [6.45, 7) is 14.2. The number of rotatable bonds is 5. The molecule has 3 rings (SSSR count). The number of methoxy groups -OCH3 is 2. The van der Waals surface area contributed by atoms with Crippen molar-refractivity contribution in [3.8, 4) is 33.8 Å². The van der Waals surface area contributed by atoms with Crippen molar-refractivity contribution < 1.29 is 9.47 Å². The number of ether oxygens (including phenoxy) is 2. The Morgan fingerprint density at radius 2 is 0.871 bits per heavy atom. The number of benzene rings is 3.